The molecule has 7 nitrogen and oxygen atoms in total. The molecule has 2 saturated heterocycles. The number of nitrogens with zero attached hydrogens (tertiary/aromatic N) is 2. The third-order valence-electron chi connectivity index (χ3n) is 5.76. The molecule has 2 heterocycles. The normalized spacial score (nSPS) is 25.3. The second-order valence-electron chi connectivity index (χ2n) is 8.46. The zero-order valence-corrected chi connectivity index (χ0v) is 18.4. The number of amides is 2. The third-order valence-corrected chi connectivity index (χ3v) is 7.74. The number of hydrogen-bond acceptors (Lipinski definition) is 4. The molecule has 1 aromatic carbocycles. The number of rotatable bonds is 6. The molecule has 8 heteroatoms. The summed E-state index contributed by atoms with van der Waals surface area (Å²) < 4.78 is 28.7. The Balaban J connectivity index is 1.97. The first-order valence-corrected chi connectivity index (χ1v) is 11.8. The highest BCUT2D eigenvalue weighted by Crippen LogP contribution is 2.33. The van der Waals surface area contributed by atoms with Crippen LogP contribution in [-0.2, 0) is 26.0 Å². The molecule has 0 spiro atoms. The van der Waals surface area contributed by atoms with Crippen molar-refractivity contribution in [3.05, 3.63) is 29.8 Å². The number of carbonyl (C=O) groups is 2. The second kappa shape index (κ2) is 8.44. The summed E-state index contributed by atoms with van der Waals surface area (Å²) in [5.74, 6) is -0.115. The maximum Gasteiger partial charge on any atom is 0.244 e. The number of benzene rings is 1. The summed E-state index contributed by atoms with van der Waals surface area (Å²) in [6, 6.07) is 5.96. The van der Waals surface area contributed by atoms with Gasteiger partial charge in [-0.1, -0.05) is 39.0 Å². The molecule has 2 fully saturated rings. The van der Waals surface area contributed by atoms with Crippen LogP contribution in [0.5, 0.6) is 0 Å². The summed E-state index contributed by atoms with van der Waals surface area (Å²) in [5, 5.41) is 2.88. The molecular weight excluding hydrogens is 390 g/mol. The van der Waals surface area contributed by atoms with Gasteiger partial charge in [0.2, 0.25) is 21.8 Å². The van der Waals surface area contributed by atoms with Crippen molar-refractivity contribution in [3.8, 4) is 0 Å². The molecule has 3 atom stereocenters. The number of carbonyl (C=O) groups excluding carboxylic acids is 2. The van der Waals surface area contributed by atoms with Gasteiger partial charge in [0.1, 0.15) is 6.04 Å². The molecule has 1 N–H and O–H groups in total. The fraction of sp³-hybridized carbons (Fsp3) is 0.619. The van der Waals surface area contributed by atoms with Gasteiger partial charge in [0.15, 0.2) is 0 Å². The Labute approximate surface area is 173 Å². The van der Waals surface area contributed by atoms with E-state index in [9.17, 15) is 18.0 Å². The van der Waals surface area contributed by atoms with Crippen molar-refractivity contribution in [1.29, 1.82) is 0 Å². The summed E-state index contributed by atoms with van der Waals surface area (Å²) in [6.45, 7) is 8.08. The molecule has 2 aliphatic heterocycles. The number of hydrogen-bond donors (Lipinski definition) is 1. The molecule has 29 heavy (non-hydrogen) atoms. The van der Waals surface area contributed by atoms with E-state index >= 15 is 0 Å². The van der Waals surface area contributed by atoms with Crippen LogP contribution >= 0.6 is 0 Å². The lowest BCUT2D eigenvalue weighted by Crippen LogP contribution is -2.61. The number of aryl methyl sites for hydroxylation is 1. The van der Waals surface area contributed by atoms with Gasteiger partial charge in [-0.25, -0.2) is 8.42 Å². The van der Waals surface area contributed by atoms with Crippen LogP contribution in [0.2, 0.25) is 0 Å². The van der Waals surface area contributed by atoms with Crippen molar-refractivity contribution in [1.82, 2.24) is 14.5 Å². The molecule has 0 bridgehead atoms. The molecule has 0 radical (unpaired) electrons. The zero-order chi connectivity index (χ0) is 21.3. The predicted octanol–water partition coefficient (Wildman–Crippen LogP) is 1.77. The second-order valence-corrected chi connectivity index (χ2v) is 10.3. The van der Waals surface area contributed by atoms with Gasteiger partial charge in [0.05, 0.1) is 4.90 Å². The summed E-state index contributed by atoms with van der Waals surface area (Å²) >= 11 is 0. The Bertz CT molecular complexity index is 884. The minimum absolute atomic E-state index is 0.133. The average molecular weight is 422 g/mol. The van der Waals surface area contributed by atoms with Crippen LogP contribution in [0.15, 0.2) is 29.2 Å². The van der Waals surface area contributed by atoms with E-state index in [1.807, 2.05) is 32.9 Å². The molecule has 0 aliphatic carbocycles. The molecular formula is C21H31N3O4S. The Morgan fingerprint density at radius 1 is 1.24 bits per heavy atom. The van der Waals surface area contributed by atoms with E-state index in [-0.39, 0.29) is 41.3 Å². The molecule has 160 valence electrons. The first-order valence-electron chi connectivity index (χ1n) is 10.3. The van der Waals surface area contributed by atoms with E-state index < -0.39 is 16.1 Å². The van der Waals surface area contributed by atoms with Crippen molar-refractivity contribution in [3.63, 3.8) is 0 Å². The molecule has 3 rings (SSSR count). The van der Waals surface area contributed by atoms with Crippen molar-refractivity contribution >= 4 is 21.8 Å². The Morgan fingerprint density at radius 3 is 2.55 bits per heavy atom. The zero-order valence-electron chi connectivity index (χ0n) is 17.6. The van der Waals surface area contributed by atoms with E-state index in [4.69, 9.17) is 0 Å². The van der Waals surface area contributed by atoms with E-state index in [0.717, 1.165) is 5.56 Å². The van der Waals surface area contributed by atoms with Gasteiger partial charge >= 0.3 is 0 Å². The van der Waals surface area contributed by atoms with E-state index in [2.05, 4.69) is 5.32 Å². The summed E-state index contributed by atoms with van der Waals surface area (Å²) in [5.41, 5.74) is 0.758. The molecule has 2 aliphatic rings. The number of fused-ring (bicyclic) bond motifs is 1. The lowest BCUT2D eigenvalue weighted by molar-refractivity contribution is -0.141. The van der Waals surface area contributed by atoms with E-state index in [0.29, 0.717) is 25.8 Å². The lowest BCUT2D eigenvalue weighted by Gasteiger charge is -2.42. The maximum atomic E-state index is 13.6. The van der Waals surface area contributed by atoms with Crippen LogP contribution in [0.3, 0.4) is 0 Å². The first-order chi connectivity index (χ1) is 13.6. The van der Waals surface area contributed by atoms with E-state index in [1.165, 1.54) is 11.2 Å². The maximum absolute atomic E-state index is 13.6. The Morgan fingerprint density at radius 2 is 1.93 bits per heavy atom. The quantitative estimate of drug-likeness (QED) is 0.758. The molecule has 0 aromatic heterocycles. The van der Waals surface area contributed by atoms with Gasteiger partial charge < -0.3 is 10.2 Å². The van der Waals surface area contributed by atoms with Crippen LogP contribution in [0.25, 0.3) is 0 Å². The van der Waals surface area contributed by atoms with Gasteiger partial charge in [-0.2, -0.15) is 4.31 Å². The summed E-state index contributed by atoms with van der Waals surface area (Å²) in [7, 11) is -3.81. The minimum Gasteiger partial charge on any atom is -0.352 e. The fourth-order valence-electron chi connectivity index (χ4n) is 4.51. The number of nitrogens with one attached hydrogen (secondary N) is 1. The first kappa shape index (κ1) is 21.8. The van der Waals surface area contributed by atoms with Crippen LogP contribution in [0.4, 0.5) is 0 Å². The molecule has 1 aromatic rings. The van der Waals surface area contributed by atoms with Crippen LogP contribution in [0.1, 0.15) is 46.1 Å². The average Bonchev–Trinajstić information content (AvgIpc) is 3.05. The van der Waals surface area contributed by atoms with Crippen molar-refractivity contribution in [2.75, 3.05) is 13.1 Å². The summed E-state index contributed by atoms with van der Waals surface area (Å²) in [6.07, 6.45) is 1.65. The van der Waals surface area contributed by atoms with Crippen LogP contribution in [-0.4, -0.2) is 60.7 Å². The molecule has 2 amide bonds. The molecule has 0 saturated carbocycles. The van der Waals surface area contributed by atoms with Gasteiger partial charge in [-0.05, 0) is 36.8 Å². The molecule has 0 unspecified atom stereocenters. The van der Waals surface area contributed by atoms with Crippen LogP contribution in [0, 0.1) is 5.92 Å². The van der Waals surface area contributed by atoms with Crippen molar-refractivity contribution in [2.24, 2.45) is 5.92 Å². The van der Waals surface area contributed by atoms with Gasteiger partial charge in [0, 0.05) is 32.1 Å². The summed E-state index contributed by atoms with van der Waals surface area (Å²) in [4.78, 5) is 26.8. The standard InChI is InChI=1S/C21H31N3O4S/c1-5-16-8-6-7-9-20(16)29(27,28)24-13-18-11-17(22-15(4)25)12-23(18)21(26)19(24)10-14(2)3/h6-9,14,17-19H,5,10-13H2,1-4H3,(H,22,25)/t17-,18-,19-/m0/s1. The smallest absolute Gasteiger partial charge is 0.244 e. The Hall–Kier alpha value is -1.93. The predicted molar refractivity (Wildman–Crippen MR) is 111 cm³/mol. The number of sulfonamides is 1. The van der Waals surface area contributed by atoms with Gasteiger partial charge in [0.25, 0.3) is 0 Å². The highest BCUT2D eigenvalue weighted by molar-refractivity contribution is 7.89. The highest BCUT2D eigenvalue weighted by atomic mass is 32.2. The monoisotopic (exact) mass is 421 g/mol. The fourth-order valence-corrected chi connectivity index (χ4v) is 6.43. The number of piperazine rings is 1. The topological polar surface area (TPSA) is 86.8 Å². The van der Waals surface area contributed by atoms with Crippen molar-refractivity contribution < 1.29 is 18.0 Å². The van der Waals surface area contributed by atoms with E-state index in [1.54, 1.807) is 17.0 Å². The highest BCUT2D eigenvalue weighted by Gasteiger charge is 2.49. The lowest BCUT2D eigenvalue weighted by atomic mass is 9.99. The largest absolute Gasteiger partial charge is 0.352 e. The van der Waals surface area contributed by atoms with Crippen LogP contribution < -0.4 is 5.32 Å². The SMILES string of the molecule is CCc1ccccc1S(=O)(=O)N1C[C@@H]2C[C@H](NC(C)=O)CN2C(=O)[C@@H]1CC(C)C. The van der Waals surface area contributed by atoms with Gasteiger partial charge in [-0.3, -0.25) is 9.59 Å². The van der Waals surface area contributed by atoms with Gasteiger partial charge in [-0.15, -0.1) is 0 Å². The van der Waals surface area contributed by atoms with Crippen molar-refractivity contribution in [2.45, 2.75) is 70.0 Å². The Kier molecular flexibility index (Phi) is 6.33. The third kappa shape index (κ3) is 4.33. The minimum atomic E-state index is -3.81.